The van der Waals surface area contributed by atoms with Gasteiger partial charge in [0.25, 0.3) is 5.56 Å². The molecule has 0 saturated carbocycles. The van der Waals surface area contributed by atoms with Gasteiger partial charge in [-0.25, -0.2) is 5.10 Å². The number of rotatable bonds is 3. The van der Waals surface area contributed by atoms with Gasteiger partial charge in [-0.1, -0.05) is 30.3 Å². The van der Waals surface area contributed by atoms with E-state index >= 15 is 0 Å². The molecule has 0 amide bonds. The van der Waals surface area contributed by atoms with Crippen molar-refractivity contribution in [2.75, 3.05) is 6.26 Å². The molecule has 1 heterocycles. The monoisotopic (exact) mass is 282 g/mol. The Bertz CT molecular complexity index is 793. The van der Waals surface area contributed by atoms with Crippen molar-refractivity contribution in [1.29, 1.82) is 0 Å². The van der Waals surface area contributed by atoms with E-state index in [4.69, 9.17) is 0 Å². The lowest BCUT2D eigenvalue weighted by molar-refractivity contribution is 0.933. The van der Waals surface area contributed by atoms with Crippen molar-refractivity contribution in [2.24, 2.45) is 0 Å². The molecule has 0 spiro atoms. The maximum Gasteiger partial charge on any atom is 0.272 e. The highest BCUT2D eigenvalue weighted by Gasteiger charge is 2.06. The smallest absolute Gasteiger partial charge is 0.267 e. The molecular formula is C16H14N2OS. The van der Waals surface area contributed by atoms with Gasteiger partial charge in [-0.2, -0.15) is 5.10 Å². The number of thioether (sulfide) groups is 1. The first-order valence-electron chi connectivity index (χ1n) is 6.37. The van der Waals surface area contributed by atoms with Crippen LogP contribution in [0.2, 0.25) is 0 Å². The van der Waals surface area contributed by atoms with Gasteiger partial charge in [-0.05, 0) is 30.0 Å². The second-order valence-electron chi connectivity index (χ2n) is 4.57. The molecule has 100 valence electrons. The van der Waals surface area contributed by atoms with Gasteiger partial charge in [-0.3, -0.25) is 4.79 Å². The van der Waals surface area contributed by atoms with Crippen molar-refractivity contribution in [1.82, 2.24) is 10.2 Å². The van der Waals surface area contributed by atoms with Crippen LogP contribution < -0.4 is 5.56 Å². The van der Waals surface area contributed by atoms with E-state index in [0.29, 0.717) is 11.8 Å². The minimum absolute atomic E-state index is 0.137. The Kier molecular flexibility index (Phi) is 3.56. The summed E-state index contributed by atoms with van der Waals surface area (Å²) in [7, 11) is 0. The molecule has 20 heavy (non-hydrogen) atoms. The van der Waals surface area contributed by atoms with E-state index < -0.39 is 0 Å². The van der Waals surface area contributed by atoms with E-state index in [1.165, 1.54) is 10.5 Å². The first-order valence-corrected chi connectivity index (χ1v) is 7.59. The van der Waals surface area contributed by atoms with Crippen LogP contribution >= 0.6 is 11.8 Å². The number of hydrogen-bond donors (Lipinski definition) is 1. The topological polar surface area (TPSA) is 45.8 Å². The Hall–Kier alpha value is -2.07. The average molecular weight is 282 g/mol. The highest BCUT2D eigenvalue weighted by atomic mass is 32.2. The molecule has 2 aromatic carbocycles. The van der Waals surface area contributed by atoms with Gasteiger partial charge < -0.3 is 0 Å². The number of nitrogens with zero attached hydrogens (tertiary/aromatic N) is 1. The van der Waals surface area contributed by atoms with Crippen molar-refractivity contribution in [2.45, 2.75) is 11.3 Å². The molecule has 0 unspecified atom stereocenters. The van der Waals surface area contributed by atoms with Crippen LogP contribution in [0, 0.1) is 0 Å². The molecule has 0 aliphatic heterocycles. The summed E-state index contributed by atoms with van der Waals surface area (Å²) in [5.74, 6) is 0. The Morgan fingerprint density at radius 2 is 1.75 bits per heavy atom. The predicted octanol–water partition coefficient (Wildman–Crippen LogP) is 3.24. The van der Waals surface area contributed by atoms with Crippen molar-refractivity contribution in [3.8, 4) is 0 Å². The van der Waals surface area contributed by atoms with Crippen molar-refractivity contribution in [3.05, 3.63) is 70.1 Å². The third-order valence-corrected chi connectivity index (χ3v) is 4.05. The summed E-state index contributed by atoms with van der Waals surface area (Å²) in [5, 5.41) is 8.39. The fourth-order valence-corrected chi connectivity index (χ4v) is 2.65. The fraction of sp³-hybridized carbons (Fsp3) is 0.125. The number of nitrogens with one attached hydrogen (secondary N) is 1. The zero-order valence-electron chi connectivity index (χ0n) is 11.1. The second-order valence-corrected chi connectivity index (χ2v) is 5.45. The Morgan fingerprint density at radius 3 is 2.45 bits per heavy atom. The molecule has 3 rings (SSSR count). The summed E-state index contributed by atoms with van der Waals surface area (Å²) in [6, 6.07) is 16.0. The summed E-state index contributed by atoms with van der Waals surface area (Å²) in [6.45, 7) is 0. The maximum atomic E-state index is 11.7. The number of aromatic nitrogens is 2. The first-order chi connectivity index (χ1) is 9.78. The summed E-state index contributed by atoms with van der Waals surface area (Å²) < 4.78 is 0. The Balaban J connectivity index is 2.02. The summed E-state index contributed by atoms with van der Waals surface area (Å²) in [4.78, 5) is 13.0. The van der Waals surface area contributed by atoms with E-state index in [2.05, 4.69) is 40.7 Å². The standard InChI is InChI=1S/C16H14N2OS/c1-20-12-8-6-11(7-9-12)10-15-13-4-2-3-5-14(13)16(19)18-17-15/h2-9H,10H2,1H3,(H,18,19). The van der Waals surface area contributed by atoms with Gasteiger partial charge in [0, 0.05) is 16.7 Å². The lowest BCUT2D eigenvalue weighted by atomic mass is 10.0. The van der Waals surface area contributed by atoms with Gasteiger partial charge >= 0.3 is 0 Å². The van der Waals surface area contributed by atoms with Crippen LogP contribution in [0.1, 0.15) is 11.3 Å². The molecule has 0 aliphatic rings. The van der Waals surface area contributed by atoms with E-state index in [9.17, 15) is 4.79 Å². The van der Waals surface area contributed by atoms with Gasteiger partial charge in [0.1, 0.15) is 0 Å². The number of aromatic amines is 1. The highest BCUT2D eigenvalue weighted by molar-refractivity contribution is 7.98. The number of hydrogen-bond acceptors (Lipinski definition) is 3. The van der Waals surface area contributed by atoms with Crippen LogP contribution in [0.4, 0.5) is 0 Å². The van der Waals surface area contributed by atoms with Crippen molar-refractivity contribution < 1.29 is 0 Å². The van der Waals surface area contributed by atoms with Crippen LogP contribution in [-0.4, -0.2) is 16.5 Å². The van der Waals surface area contributed by atoms with Crippen LogP contribution in [0.25, 0.3) is 10.8 Å². The number of fused-ring (bicyclic) bond motifs is 1. The predicted molar refractivity (Wildman–Crippen MR) is 83.4 cm³/mol. The second kappa shape index (κ2) is 5.51. The normalized spacial score (nSPS) is 10.8. The summed E-state index contributed by atoms with van der Waals surface area (Å²) in [6.07, 6.45) is 2.78. The molecular weight excluding hydrogens is 268 g/mol. The highest BCUT2D eigenvalue weighted by Crippen LogP contribution is 2.19. The van der Waals surface area contributed by atoms with E-state index in [1.54, 1.807) is 11.8 Å². The molecule has 0 atom stereocenters. The maximum absolute atomic E-state index is 11.7. The Morgan fingerprint density at radius 1 is 1.05 bits per heavy atom. The van der Waals surface area contributed by atoms with Crippen molar-refractivity contribution >= 4 is 22.5 Å². The summed E-state index contributed by atoms with van der Waals surface area (Å²) >= 11 is 1.73. The quantitative estimate of drug-likeness (QED) is 0.750. The van der Waals surface area contributed by atoms with Crippen LogP contribution in [0.15, 0.2) is 58.2 Å². The van der Waals surface area contributed by atoms with E-state index in [0.717, 1.165) is 11.1 Å². The minimum Gasteiger partial charge on any atom is -0.267 e. The first kappa shape index (κ1) is 12.9. The third-order valence-electron chi connectivity index (χ3n) is 3.31. The molecule has 0 radical (unpaired) electrons. The van der Waals surface area contributed by atoms with Crippen LogP contribution in [0.3, 0.4) is 0 Å². The largest absolute Gasteiger partial charge is 0.272 e. The number of benzene rings is 2. The SMILES string of the molecule is CSc1ccc(Cc2n[nH]c(=O)c3ccccc23)cc1. The number of H-pyrrole nitrogens is 1. The molecule has 1 aromatic heterocycles. The lowest BCUT2D eigenvalue weighted by Crippen LogP contribution is -2.11. The van der Waals surface area contributed by atoms with Gasteiger partial charge in [0.05, 0.1) is 11.1 Å². The van der Waals surface area contributed by atoms with E-state index in [-0.39, 0.29) is 5.56 Å². The fourth-order valence-electron chi connectivity index (χ4n) is 2.24. The molecule has 0 fully saturated rings. The van der Waals surface area contributed by atoms with Gasteiger partial charge in [0.2, 0.25) is 0 Å². The van der Waals surface area contributed by atoms with Crippen LogP contribution in [-0.2, 0) is 6.42 Å². The molecule has 1 N–H and O–H groups in total. The molecule has 3 nitrogen and oxygen atoms in total. The molecule has 0 bridgehead atoms. The lowest BCUT2D eigenvalue weighted by Gasteiger charge is -2.05. The van der Waals surface area contributed by atoms with E-state index in [1.807, 2.05) is 24.3 Å². The molecule has 0 aliphatic carbocycles. The van der Waals surface area contributed by atoms with Crippen LogP contribution in [0.5, 0.6) is 0 Å². The average Bonchev–Trinajstić information content (AvgIpc) is 2.51. The van der Waals surface area contributed by atoms with Gasteiger partial charge in [-0.15, -0.1) is 11.8 Å². The van der Waals surface area contributed by atoms with Crippen molar-refractivity contribution in [3.63, 3.8) is 0 Å². The zero-order valence-corrected chi connectivity index (χ0v) is 11.9. The zero-order chi connectivity index (χ0) is 13.9. The summed E-state index contributed by atoms with van der Waals surface area (Å²) in [5.41, 5.74) is 1.95. The molecule has 0 saturated heterocycles. The Labute approximate surface area is 121 Å². The molecule has 4 heteroatoms. The van der Waals surface area contributed by atoms with Gasteiger partial charge in [0.15, 0.2) is 0 Å². The molecule has 3 aromatic rings. The third kappa shape index (κ3) is 2.47. The minimum atomic E-state index is -0.137.